The van der Waals surface area contributed by atoms with Crippen LogP contribution >= 0.6 is 0 Å². The Labute approximate surface area is 93.3 Å². The van der Waals surface area contributed by atoms with Crippen LogP contribution in [0.3, 0.4) is 0 Å². The van der Waals surface area contributed by atoms with Gasteiger partial charge >= 0.3 is 5.97 Å². The van der Waals surface area contributed by atoms with Crippen LogP contribution in [0, 0.1) is 0 Å². The molecule has 0 unspecified atom stereocenters. The Morgan fingerprint density at radius 1 is 1.38 bits per heavy atom. The summed E-state index contributed by atoms with van der Waals surface area (Å²) in [6.07, 6.45) is 1.52. The van der Waals surface area contributed by atoms with Crippen LogP contribution in [0.5, 0.6) is 0 Å². The van der Waals surface area contributed by atoms with Crippen LogP contribution in [0.2, 0.25) is 0 Å². The topological polar surface area (TPSA) is 75.5 Å². The van der Waals surface area contributed by atoms with Crippen molar-refractivity contribution in [3.05, 3.63) is 11.9 Å². The van der Waals surface area contributed by atoms with E-state index in [9.17, 15) is 4.79 Å². The van der Waals surface area contributed by atoms with Crippen LogP contribution < -0.4 is 0 Å². The van der Waals surface area contributed by atoms with Crippen molar-refractivity contribution in [2.45, 2.75) is 6.54 Å². The van der Waals surface area contributed by atoms with Gasteiger partial charge in [0.2, 0.25) is 0 Å². The molecule has 0 amide bonds. The molecule has 0 fully saturated rings. The summed E-state index contributed by atoms with van der Waals surface area (Å²) in [5, 5.41) is 7.42. The van der Waals surface area contributed by atoms with Crippen LogP contribution in [-0.4, -0.2) is 55.0 Å². The number of carbonyl (C=O) groups excluding carboxylic acids is 1. The van der Waals surface area contributed by atoms with Crippen molar-refractivity contribution in [3.63, 3.8) is 0 Å². The summed E-state index contributed by atoms with van der Waals surface area (Å²) in [4.78, 5) is 11.1. The van der Waals surface area contributed by atoms with Crippen LogP contribution in [0.1, 0.15) is 10.5 Å². The van der Waals surface area contributed by atoms with Gasteiger partial charge in [0.05, 0.1) is 39.7 Å². The van der Waals surface area contributed by atoms with Crippen molar-refractivity contribution in [1.29, 1.82) is 0 Å². The molecule has 1 aromatic heterocycles. The molecule has 0 spiro atoms. The van der Waals surface area contributed by atoms with E-state index in [1.165, 1.54) is 18.0 Å². The average Bonchev–Trinajstić information content (AvgIpc) is 2.76. The Morgan fingerprint density at radius 3 is 2.88 bits per heavy atom. The average molecular weight is 229 g/mol. The van der Waals surface area contributed by atoms with E-state index in [0.717, 1.165) is 0 Å². The van der Waals surface area contributed by atoms with E-state index >= 15 is 0 Å². The van der Waals surface area contributed by atoms with E-state index in [-0.39, 0.29) is 5.69 Å². The fourth-order valence-electron chi connectivity index (χ4n) is 1.01. The first kappa shape index (κ1) is 12.6. The number of nitrogens with zero attached hydrogens (tertiary/aromatic N) is 3. The van der Waals surface area contributed by atoms with Gasteiger partial charge in [-0.15, -0.1) is 5.10 Å². The molecule has 0 aliphatic carbocycles. The Hall–Kier alpha value is -1.47. The van der Waals surface area contributed by atoms with Crippen molar-refractivity contribution < 1.29 is 19.0 Å². The lowest BCUT2D eigenvalue weighted by molar-refractivity contribution is 0.0593. The minimum atomic E-state index is -0.494. The molecule has 0 saturated heterocycles. The van der Waals surface area contributed by atoms with Crippen LogP contribution in [0.25, 0.3) is 0 Å². The first-order valence-corrected chi connectivity index (χ1v) is 4.83. The van der Waals surface area contributed by atoms with E-state index in [4.69, 9.17) is 9.47 Å². The standard InChI is InChI=1S/C9H15N3O4/c1-14-5-6-16-4-3-12-7-8(10-11-12)9(13)15-2/h7H,3-6H2,1-2H3. The highest BCUT2D eigenvalue weighted by molar-refractivity contribution is 5.86. The molecule has 0 aliphatic rings. The maximum absolute atomic E-state index is 11.1. The summed E-state index contributed by atoms with van der Waals surface area (Å²) < 4.78 is 16.1. The molecule has 1 rings (SSSR count). The van der Waals surface area contributed by atoms with Gasteiger partial charge in [-0.25, -0.2) is 9.48 Å². The van der Waals surface area contributed by atoms with E-state index in [1.807, 2.05) is 0 Å². The van der Waals surface area contributed by atoms with Crippen molar-refractivity contribution in [1.82, 2.24) is 15.0 Å². The Morgan fingerprint density at radius 2 is 2.19 bits per heavy atom. The third-order valence-electron chi connectivity index (χ3n) is 1.83. The number of carbonyl (C=O) groups is 1. The minimum absolute atomic E-state index is 0.194. The maximum atomic E-state index is 11.1. The van der Waals surface area contributed by atoms with Crippen molar-refractivity contribution in [2.24, 2.45) is 0 Å². The van der Waals surface area contributed by atoms with Gasteiger partial charge in [0, 0.05) is 7.11 Å². The molecule has 0 N–H and O–H groups in total. The SMILES string of the molecule is COCCOCCn1cc(C(=O)OC)nn1. The summed E-state index contributed by atoms with van der Waals surface area (Å²) in [5.41, 5.74) is 0.194. The molecule has 7 nitrogen and oxygen atoms in total. The van der Waals surface area contributed by atoms with Gasteiger partial charge in [-0.1, -0.05) is 5.21 Å². The zero-order chi connectivity index (χ0) is 11.8. The molecular formula is C9H15N3O4. The molecular weight excluding hydrogens is 214 g/mol. The molecule has 1 heterocycles. The molecule has 16 heavy (non-hydrogen) atoms. The lowest BCUT2D eigenvalue weighted by Crippen LogP contribution is -2.09. The van der Waals surface area contributed by atoms with E-state index in [1.54, 1.807) is 7.11 Å². The second-order valence-corrected chi connectivity index (χ2v) is 2.96. The number of hydrogen-bond acceptors (Lipinski definition) is 6. The first-order chi connectivity index (χ1) is 7.77. The van der Waals surface area contributed by atoms with Crippen LogP contribution in [0.15, 0.2) is 6.20 Å². The number of ether oxygens (including phenoxy) is 3. The van der Waals surface area contributed by atoms with Gasteiger partial charge in [0.15, 0.2) is 5.69 Å². The highest BCUT2D eigenvalue weighted by Gasteiger charge is 2.09. The van der Waals surface area contributed by atoms with Crippen LogP contribution in [0.4, 0.5) is 0 Å². The highest BCUT2D eigenvalue weighted by atomic mass is 16.5. The predicted octanol–water partition coefficient (Wildman–Crippen LogP) is -0.272. The summed E-state index contributed by atoms with van der Waals surface area (Å²) in [7, 11) is 2.92. The Balaban J connectivity index is 2.27. The fraction of sp³-hybridized carbons (Fsp3) is 0.667. The second kappa shape index (κ2) is 6.91. The zero-order valence-electron chi connectivity index (χ0n) is 9.38. The monoisotopic (exact) mass is 229 g/mol. The summed E-state index contributed by atoms with van der Waals surface area (Å²) >= 11 is 0. The molecule has 7 heteroatoms. The number of hydrogen-bond donors (Lipinski definition) is 0. The minimum Gasteiger partial charge on any atom is -0.464 e. The summed E-state index contributed by atoms with van der Waals surface area (Å²) in [6, 6.07) is 0. The number of methoxy groups -OCH3 is 2. The van der Waals surface area contributed by atoms with Crippen molar-refractivity contribution >= 4 is 5.97 Å². The van der Waals surface area contributed by atoms with Gasteiger partial charge in [-0.05, 0) is 0 Å². The Bertz CT molecular complexity index is 326. The molecule has 1 aromatic rings. The highest BCUT2D eigenvalue weighted by Crippen LogP contribution is 1.95. The van der Waals surface area contributed by atoms with Gasteiger partial charge in [0.1, 0.15) is 0 Å². The lowest BCUT2D eigenvalue weighted by atomic mass is 10.5. The number of esters is 1. The summed E-state index contributed by atoms with van der Waals surface area (Å²) in [6.45, 7) is 2.13. The largest absolute Gasteiger partial charge is 0.464 e. The molecule has 0 bridgehead atoms. The van der Waals surface area contributed by atoms with Crippen molar-refractivity contribution in [3.8, 4) is 0 Å². The van der Waals surface area contributed by atoms with Gasteiger partial charge in [0.25, 0.3) is 0 Å². The molecule has 0 aliphatic heterocycles. The second-order valence-electron chi connectivity index (χ2n) is 2.96. The van der Waals surface area contributed by atoms with Gasteiger partial charge in [-0.2, -0.15) is 0 Å². The molecule has 0 atom stereocenters. The van der Waals surface area contributed by atoms with E-state index < -0.39 is 5.97 Å². The lowest BCUT2D eigenvalue weighted by Gasteiger charge is -2.02. The van der Waals surface area contributed by atoms with Gasteiger partial charge in [-0.3, -0.25) is 0 Å². The first-order valence-electron chi connectivity index (χ1n) is 4.83. The quantitative estimate of drug-likeness (QED) is 0.473. The molecule has 0 aromatic carbocycles. The molecule has 0 saturated carbocycles. The fourth-order valence-corrected chi connectivity index (χ4v) is 1.01. The summed E-state index contributed by atoms with van der Waals surface area (Å²) in [5.74, 6) is -0.494. The molecule has 0 radical (unpaired) electrons. The zero-order valence-corrected chi connectivity index (χ0v) is 9.38. The van der Waals surface area contributed by atoms with Gasteiger partial charge < -0.3 is 14.2 Å². The third-order valence-corrected chi connectivity index (χ3v) is 1.83. The smallest absolute Gasteiger partial charge is 0.360 e. The van der Waals surface area contributed by atoms with Crippen molar-refractivity contribution in [2.75, 3.05) is 34.0 Å². The van der Waals surface area contributed by atoms with E-state index in [0.29, 0.717) is 26.4 Å². The third kappa shape index (κ3) is 3.95. The molecule has 90 valence electrons. The normalized spacial score (nSPS) is 10.4. The predicted molar refractivity (Wildman–Crippen MR) is 54.1 cm³/mol. The number of rotatable bonds is 7. The van der Waals surface area contributed by atoms with E-state index in [2.05, 4.69) is 15.0 Å². The van der Waals surface area contributed by atoms with Crippen LogP contribution in [-0.2, 0) is 20.8 Å². The number of aromatic nitrogens is 3. The Kier molecular flexibility index (Phi) is 5.44. The maximum Gasteiger partial charge on any atom is 0.360 e.